The van der Waals surface area contributed by atoms with Crippen molar-refractivity contribution in [1.82, 2.24) is 9.80 Å². The minimum Gasteiger partial charge on any atom is -0.336 e. The Labute approximate surface area is 173 Å². The highest BCUT2D eigenvalue weighted by Crippen LogP contribution is 2.24. The van der Waals surface area contributed by atoms with Gasteiger partial charge in [0.05, 0.1) is 18.5 Å². The number of nitrogens with zero attached hydrogens (tertiary/aromatic N) is 3. The standard InChI is InChI=1S/C22H29N3O3S/c1-17-13-18(2)15-21(14-17)25(29(4,27)28)16-19-5-7-20(8-6-19)22(26)24-11-9-23(3)10-12-24/h5-8,13-15H,9-12,16H2,1-4H3. The van der Waals surface area contributed by atoms with E-state index in [1.807, 2.05) is 49.1 Å². The highest BCUT2D eigenvalue weighted by Gasteiger charge is 2.21. The van der Waals surface area contributed by atoms with Crippen LogP contribution >= 0.6 is 0 Å². The topological polar surface area (TPSA) is 60.9 Å². The van der Waals surface area contributed by atoms with Crippen molar-refractivity contribution < 1.29 is 13.2 Å². The molecule has 3 rings (SSSR count). The number of amides is 1. The first-order valence-corrected chi connectivity index (χ1v) is 11.6. The van der Waals surface area contributed by atoms with Crippen molar-refractivity contribution >= 4 is 21.6 Å². The van der Waals surface area contributed by atoms with Gasteiger partial charge in [0, 0.05) is 31.7 Å². The monoisotopic (exact) mass is 415 g/mol. The van der Waals surface area contributed by atoms with E-state index < -0.39 is 10.0 Å². The van der Waals surface area contributed by atoms with Crippen LogP contribution in [0.5, 0.6) is 0 Å². The van der Waals surface area contributed by atoms with E-state index in [4.69, 9.17) is 0 Å². The third kappa shape index (κ3) is 5.36. The van der Waals surface area contributed by atoms with Crippen LogP contribution in [0.1, 0.15) is 27.0 Å². The van der Waals surface area contributed by atoms with Gasteiger partial charge < -0.3 is 9.80 Å². The van der Waals surface area contributed by atoms with Crippen LogP contribution < -0.4 is 4.31 Å². The molecule has 0 spiro atoms. The number of hydrogen-bond acceptors (Lipinski definition) is 4. The number of hydrogen-bond donors (Lipinski definition) is 0. The number of likely N-dealkylation sites (N-methyl/N-ethyl adjacent to an activating group) is 1. The third-order valence-electron chi connectivity index (χ3n) is 5.21. The molecule has 0 saturated carbocycles. The first kappa shape index (κ1) is 21.3. The largest absolute Gasteiger partial charge is 0.336 e. The van der Waals surface area contributed by atoms with Crippen LogP contribution in [0.3, 0.4) is 0 Å². The van der Waals surface area contributed by atoms with Gasteiger partial charge in [-0.2, -0.15) is 0 Å². The van der Waals surface area contributed by atoms with Gasteiger partial charge in [0.2, 0.25) is 10.0 Å². The number of sulfonamides is 1. The Kier molecular flexibility index (Phi) is 6.29. The molecule has 0 N–H and O–H groups in total. The molecule has 2 aromatic carbocycles. The van der Waals surface area contributed by atoms with E-state index in [9.17, 15) is 13.2 Å². The van der Waals surface area contributed by atoms with Crippen molar-refractivity contribution in [2.24, 2.45) is 0 Å². The van der Waals surface area contributed by atoms with Crippen molar-refractivity contribution in [1.29, 1.82) is 0 Å². The molecule has 1 heterocycles. The second kappa shape index (κ2) is 8.55. The molecule has 1 saturated heterocycles. The molecule has 1 aliphatic heterocycles. The van der Waals surface area contributed by atoms with Crippen LogP contribution in [0.15, 0.2) is 42.5 Å². The van der Waals surface area contributed by atoms with E-state index in [0.717, 1.165) is 42.9 Å². The molecule has 0 aliphatic carbocycles. The van der Waals surface area contributed by atoms with E-state index in [1.54, 1.807) is 12.1 Å². The zero-order valence-corrected chi connectivity index (χ0v) is 18.4. The predicted molar refractivity (Wildman–Crippen MR) is 117 cm³/mol. The molecule has 1 fully saturated rings. The average Bonchev–Trinajstić information content (AvgIpc) is 2.65. The summed E-state index contributed by atoms with van der Waals surface area (Å²) in [5.74, 6) is 0.0268. The zero-order valence-electron chi connectivity index (χ0n) is 17.6. The second-order valence-corrected chi connectivity index (χ2v) is 9.81. The van der Waals surface area contributed by atoms with Crippen LogP contribution in [0, 0.1) is 13.8 Å². The fourth-order valence-electron chi connectivity index (χ4n) is 3.61. The van der Waals surface area contributed by atoms with Crippen LogP contribution in [0.2, 0.25) is 0 Å². The van der Waals surface area contributed by atoms with Gasteiger partial charge in [-0.3, -0.25) is 9.10 Å². The Hall–Kier alpha value is -2.38. The maximum Gasteiger partial charge on any atom is 0.253 e. The summed E-state index contributed by atoms with van der Waals surface area (Å²) < 4.78 is 26.3. The van der Waals surface area contributed by atoms with Crippen LogP contribution in [0.25, 0.3) is 0 Å². The molecule has 29 heavy (non-hydrogen) atoms. The maximum atomic E-state index is 12.7. The van der Waals surface area contributed by atoms with Gasteiger partial charge in [-0.15, -0.1) is 0 Å². The zero-order chi connectivity index (χ0) is 21.2. The van der Waals surface area contributed by atoms with E-state index in [-0.39, 0.29) is 12.5 Å². The summed E-state index contributed by atoms with van der Waals surface area (Å²) in [5.41, 5.74) is 4.16. The van der Waals surface area contributed by atoms with Gasteiger partial charge in [-0.1, -0.05) is 18.2 Å². The predicted octanol–water partition coefficient (Wildman–Crippen LogP) is 2.66. The van der Waals surface area contributed by atoms with Crippen LogP contribution in [-0.2, 0) is 16.6 Å². The van der Waals surface area contributed by atoms with Crippen molar-refractivity contribution in [3.8, 4) is 0 Å². The molecular weight excluding hydrogens is 386 g/mol. The number of aryl methyl sites for hydroxylation is 2. The molecule has 0 bridgehead atoms. The molecule has 2 aromatic rings. The Morgan fingerprint density at radius 3 is 2.03 bits per heavy atom. The summed E-state index contributed by atoms with van der Waals surface area (Å²) in [5, 5.41) is 0. The fraction of sp³-hybridized carbons (Fsp3) is 0.409. The molecule has 156 valence electrons. The highest BCUT2D eigenvalue weighted by molar-refractivity contribution is 7.92. The highest BCUT2D eigenvalue weighted by atomic mass is 32.2. The van der Waals surface area contributed by atoms with Crippen molar-refractivity contribution in [3.05, 3.63) is 64.7 Å². The number of benzene rings is 2. The van der Waals surface area contributed by atoms with Gasteiger partial charge in [0.1, 0.15) is 0 Å². The van der Waals surface area contributed by atoms with Gasteiger partial charge in [0.15, 0.2) is 0 Å². The van der Waals surface area contributed by atoms with Gasteiger partial charge in [-0.25, -0.2) is 8.42 Å². The lowest BCUT2D eigenvalue weighted by molar-refractivity contribution is 0.0664. The van der Waals surface area contributed by atoms with Gasteiger partial charge in [-0.05, 0) is 61.9 Å². The summed E-state index contributed by atoms with van der Waals surface area (Å²) in [6, 6.07) is 13.0. The Morgan fingerprint density at radius 1 is 0.966 bits per heavy atom. The number of carbonyl (C=O) groups excluding carboxylic acids is 1. The van der Waals surface area contributed by atoms with Crippen molar-refractivity contribution in [2.45, 2.75) is 20.4 Å². The van der Waals surface area contributed by atoms with Crippen molar-refractivity contribution in [2.75, 3.05) is 43.8 Å². The number of anilines is 1. The summed E-state index contributed by atoms with van der Waals surface area (Å²) in [6.45, 7) is 7.35. The Balaban J connectivity index is 1.78. The number of piperazine rings is 1. The smallest absolute Gasteiger partial charge is 0.253 e. The maximum absolute atomic E-state index is 12.7. The minimum atomic E-state index is -3.44. The normalized spacial score (nSPS) is 15.4. The van der Waals surface area contributed by atoms with Crippen LogP contribution in [0.4, 0.5) is 5.69 Å². The summed E-state index contributed by atoms with van der Waals surface area (Å²) in [7, 11) is -1.39. The van der Waals surface area contributed by atoms with Gasteiger partial charge >= 0.3 is 0 Å². The first-order chi connectivity index (χ1) is 13.6. The molecular formula is C22H29N3O3S. The van der Waals surface area contributed by atoms with Gasteiger partial charge in [0.25, 0.3) is 5.91 Å². The second-order valence-electron chi connectivity index (χ2n) is 7.91. The molecule has 1 amide bonds. The SMILES string of the molecule is Cc1cc(C)cc(N(Cc2ccc(C(=O)N3CCN(C)CC3)cc2)S(C)(=O)=O)c1. The minimum absolute atomic E-state index is 0.0268. The fourth-order valence-corrected chi connectivity index (χ4v) is 4.48. The van der Waals surface area contributed by atoms with Crippen molar-refractivity contribution in [3.63, 3.8) is 0 Å². The van der Waals surface area contributed by atoms with E-state index >= 15 is 0 Å². The average molecular weight is 416 g/mol. The molecule has 0 atom stereocenters. The summed E-state index contributed by atoms with van der Waals surface area (Å²) in [6.07, 6.45) is 1.22. The molecule has 0 aromatic heterocycles. The molecule has 6 nitrogen and oxygen atoms in total. The quantitative estimate of drug-likeness (QED) is 0.753. The van der Waals surface area contributed by atoms with Crippen LogP contribution in [-0.4, -0.2) is 63.6 Å². The van der Waals surface area contributed by atoms with E-state index in [1.165, 1.54) is 10.6 Å². The Morgan fingerprint density at radius 2 is 1.52 bits per heavy atom. The summed E-state index contributed by atoms with van der Waals surface area (Å²) in [4.78, 5) is 16.8. The number of carbonyl (C=O) groups is 1. The Bertz CT molecular complexity index is 959. The molecule has 0 radical (unpaired) electrons. The summed E-state index contributed by atoms with van der Waals surface area (Å²) >= 11 is 0. The third-order valence-corrected chi connectivity index (χ3v) is 6.35. The lowest BCUT2D eigenvalue weighted by Gasteiger charge is -2.32. The molecule has 0 unspecified atom stereocenters. The lowest BCUT2D eigenvalue weighted by atomic mass is 10.1. The van der Waals surface area contributed by atoms with E-state index in [2.05, 4.69) is 11.9 Å². The first-order valence-electron chi connectivity index (χ1n) is 9.76. The molecule has 1 aliphatic rings. The lowest BCUT2D eigenvalue weighted by Crippen LogP contribution is -2.47. The molecule has 7 heteroatoms. The number of rotatable bonds is 5. The van der Waals surface area contributed by atoms with E-state index in [0.29, 0.717) is 11.3 Å².